The number of thiophene rings is 1. The Morgan fingerprint density at radius 3 is 2.51 bits per heavy atom. The number of nitrogens with one attached hydrogen (secondary N) is 1. The second kappa shape index (κ2) is 9.80. The third-order valence-electron chi connectivity index (χ3n) is 6.12. The summed E-state index contributed by atoms with van der Waals surface area (Å²) in [6.45, 7) is 0.154. The van der Waals surface area contributed by atoms with Gasteiger partial charge in [0.2, 0.25) is 5.91 Å². The molecule has 0 saturated heterocycles. The van der Waals surface area contributed by atoms with Gasteiger partial charge in [0.05, 0.1) is 19.9 Å². The quantitative estimate of drug-likeness (QED) is 0.317. The van der Waals surface area contributed by atoms with Gasteiger partial charge >= 0.3 is 0 Å². The van der Waals surface area contributed by atoms with Crippen LogP contribution in [0.4, 0.5) is 10.1 Å². The van der Waals surface area contributed by atoms with Gasteiger partial charge in [0.25, 0.3) is 0 Å². The predicted molar refractivity (Wildman–Crippen MR) is 135 cm³/mol. The summed E-state index contributed by atoms with van der Waals surface area (Å²) >= 11 is 1.63. The molecule has 1 amide bonds. The lowest BCUT2D eigenvalue weighted by molar-refractivity contribution is -0.116. The molecule has 1 N–H and O–H groups in total. The monoisotopic (exact) mass is 489 g/mol. The molecule has 3 aromatic carbocycles. The van der Waals surface area contributed by atoms with E-state index in [9.17, 15) is 9.18 Å². The normalized spacial score (nSPS) is 14.7. The Morgan fingerprint density at radius 1 is 1.00 bits per heavy atom. The topological polar surface area (TPSA) is 56.8 Å². The number of methoxy groups -OCH3 is 2. The van der Waals surface area contributed by atoms with Gasteiger partial charge in [0.1, 0.15) is 18.2 Å². The molecule has 0 fully saturated rings. The molecule has 0 bridgehead atoms. The Bertz CT molecular complexity index is 1370. The maximum atomic E-state index is 13.9. The van der Waals surface area contributed by atoms with E-state index in [1.165, 1.54) is 6.07 Å². The minimum Gasteiger partial charge on any atom is -0.493 e. The Labute approximate surface area is 207 Å². The van der Waals surface area contributed by atoms with Gasteiger partial charge in [0, 0.05) is 33.7 Å². The smallest absolute Gasteiger partial charge is 0.225 e. The van der Waals surface area contributed by atoms with Gasteiger partial charge in [0.15, 0.2) is 11.5 Å². The van der Waals surface area contributed by atoms with Crippen molar-refractivity contribution in [1.29, 1.82) is 0 Å². The van der Waals surface area contributed by atoms with Crippen molar-refractivity contribution in [3.05, 3.63) is 93.9 Å². The average Bonchev–Trinajstić information content (AvgIpc) is 3.31. The molecule has 4 aromatic rings. The highest BCUT2D eigenvalue weighted by molar-refractivity contribution is 7.11. The Kier molecular flexibility index (Phi) is 6.42. The molecule has 0 aliphatic carbocycles. The van der Waals surface area contributed by atoms with Crippen LogP contribution in [0.5, 0.6) is 17.2 Å². The number of carbonyl (C=O) groups excluding carboxylic acids is 1. The highest BCUT2D eigenvalue weighted by atomic mass is 32.1. The van der Waals surface area contributed by atoms with Crippen LogP contribution in [0.1, 0.15) is 28.3 Å². The van der Waals surface area contributed by atoms with E-state index in [4.69, 9.17) is 14.2 Å². The molecule has 1 unspecified atom stereocenters. The van der Waals surface area contributed by atoms with Crippen LogP contribution in [0, 0.1) is 5.82 Å². The van der Waals surface area contributed by atoms with Gasteiger partial charge in [-0.05, 0) is 41.5 Å². The Hall–Kier alpha value is -3.84. The number of benzene rings is 3. The molecule has 2 heterocycles. The van der Waals surface area contributed by atoms with Gasteiger partial charge in [-0.3, -0.25) is 4.79 Å². The molecule has 5 nitrogen and oxygen atoms in total. The Balaban J connectivity index is 1.40. The summed E-state index contributed by atoms with van der Waals surface area (Å²) in [6, 6.07) is 20.0. The minimum absolute atomic E-state index is 0.0255. The number of anilines is 1. The molecule has 5 rings (SSSR count). The molecule has 0 saturated carbocycles. The van der Waals surface area contributed by atoms with Gasteiger partial charge in [-0.25, -0.2) is 4.39 Å². The Morgan fingerprint density at radius 2 is 1.77 bits per heavy atom. The first-order valence-corrected chi connectivity index (χ1v) is 12.0. The van der Waals surface area contributed by atoms with E-state index >= 15 is 0 Å². The number of ether oxygens (including phenoxy) is 3. The molecule has 7 heteroatoms. The molecule has 1 atom stereocenters. The summed E-state index contributed by atoms with van der Waals surface area (Å²) in [7, 11) is 3.21. The summed E-state index contributed by atoms with van der Waals surface area (Å²) in [5.74, 6) is 1.57. The zero-order valence-electron chi connectivity index (χ0n) is 19.3. The zero-order chi connectivity index (χ0) is 24.4. The summed E-state index contributed by atoms with van der Waals surface area (Å²) in [5, 5.41) is 5.13. The fourth-order valence-corrected chi connectivity index (χ4v) is 5.45. The van der Waals surface area contributed by atoms with Crippen molar-refractivity contribution < 1.29 is 23.4 Å². The lowest BCUT2D eigenvalue weighted by atomic mass is 9.89. The predicted octanol–water partition coefficient (Wildman–Crippen LogP) is 6.62. The molecule has 0 spiro atoms. The first-order valence-electron chi connectivity index (χ1n) is 11.2. The van der Waals surface area contributed by atoms with Gasteiger partial charge in [-0.2, -0.15) is 0 Å². The van der Waals surface area contributed by atoms with Crippen LogP contribution in [0.3, 0.4) is 0 Å². The molecular formula is C28H24FNO4S. The van der Waals surface area contributed by atoms with Crippen molar-refractivity contribution in [3.8, 4) is 28.4 Å². The maximum Gasteiger partial charge on any atom is 0.225 e. The van der Waals surface area contributed by atoms with Crippen molar-refractivity contribution in [2.24, 2.45) is 0 Å². The van der Waals surface area contributed by atoms with Crippen molar-refractivity contribution in [3.63, 3.8) is 0 Å². The van der Waals surface area contributed by atoms with E-state index in [0.717, 1.165) is 27.3 Å². The highest BCUT2D eigenvalue weighted by Crippen LogP contribution is 2.47. The lowest BCUT2D eigenvalue weighted by Crippen LogP contribution is -2.22. The first kappa shape index (κ1) is 22.9. The van der Waals surface area contributed by atoms with E-state index in [0.29, 0.717) is 29.2 Å². The van der Waals surface area contributed by atoms with Crippen LogP contribution in [0.15, 0.2) is 72.1 Å². The van der Waals surface area contributed by atoms with Gasteiger partial charge < -0.3 is 19.5 Å². The summed E-state index contributed by atoms with van der Waals surface area (Å²) < 4.78 is 30.4. The van der Waals surface area contributed by atoms with Crippen LogP contribution in [-0.4, -0.2) is 20.1 Å². The van der Waals surface area contributed by atoms with E-state index in [2.05, 4.69) is 10.7 Å². The third kappa shape index (κ3) is 4.59. The van der Waals surface area contributed by atoms with Crippen LogP contribution < -0.4 is 19.5 Å². The summed E-state index contributed by atoms with van der Waals surface area (Å²) in [6.07, 6.45) is 0.369. The van der Waals surface area contributed by atoms with E-state index in [1.54, 1.807) is 43.8 Å². The molecule has 1 aliphatic heterocycles. The van der Waals surface area contributed by atoms with Crippen molar-refractivity contribution in [1.82, 2.24) is 0 Å². The number of amides is 1. The van der Waals surface area contributed by atoms with E-state index < -0.39 is 0 Å². The van der Waals surface area contributed by atoms with Gasteiger partial charge in [-0.1, -0.05) is 36.4 Å². The molecule has 178 valence electrons. The SMILES string of the molecule is COc1ccc(-c2csc3c2NC(=O)CC3c2ccc(OCc3ccccc3F)cc2)cc1OC. The molecule has 35 heavy (non-hydrogen) atoms. The van der Waals surface area contributed by atoms with E-state index in [1.807, 2.05) is 42.5 Å². The summed E-state index contributed by atoms with van der Waals surface area (Å²) in [4.78, 5) is 13.8. The largest absolute Gasteiger partial charge is 0.493 e. The fourth-order valence-electron chi connectivity index (χ4n) is 4.29. The average molecular weight is 490 g/mol. The minimum atomic E-state index is -0.284. The van der Waals surface area contributed by atoms with Gasteiger partial charge in [-0.15, -0.1) is 11.3 Å². The molecule has 0 radical (unpaired) electrons. The van der Waals surface area contributed by atoms with Crippen molar-refractivity contribution in [2.75, 3.05) is 19.5 Å². The standard InChI is InChI=1S/C28H24FNO4S/c1-32-24-12-9-18(13-25(24)33-2)22-16-35-28-21(14-26(31)30-27(22)28)17-7-10-20(11-8-17)34-15-19-5-3-4-6-23(19)29/h3-13,16,21H,14-15H2,1-2H3,(H,30,31). The molecular weight excluding hydrogens is 465 g/mol. The van der Waals surface area contributed by atoms with E-state index in [-0.39, 0.29) is 24.2 Å². The number of fused-ring (bicyclic) bond motifs is 1. The second-order valence-electron chi connectivity index (χ2n) is 8.21. The molecule has 1 aliphatic rings. The van der Waals surface area contributed by atoms with Crippen LogP contribution in [-0.2, 0) is 11.4 Å². The van der Waals surface area contributed by atoms with Crippen molar-refractivity contribution >= 4 is 22.9 Å². The number of hydrogen-bond donors (Lipinski definition) is 1. The third-order valence-corrected chi connectivity index (χ3v) is 7.22. The maximum absolute atomic E-state index is 13.9. The number of carbonyl (C=O) groups is 1. The number of halogens is 1. The highest BCUT2D eigenvalue weighted by Gasteiger charge is 2.30. The number of hydrogen-bond acceptors (Lipinski definition) is 5. The number of rotatable bonds is 7. The van der Waals surface area contributed by atoms with Crippen LogP contribution >= 0.6 is 11.3 Å². The molecule has 1 aromatic heterocycles. The second-order valence-corrected chi connectivity index (χ2v) is 9.12. The lowest BCUT2D eigenvalue weighted by Gasteiger charge is -2.24. The van der Waals surface area contributed by atoms with Crippen molar-refractivity contribution in [2.45, 2.75) is 18.9 Å². The first-order chi connectivity index (χ1) is 17.1. The fraction of sp³-hybridized carbons (Fsp3) is 0.179. The zero-order valence-corrected chi connectivity index (χ0v) is 20.2. The summed E-state index contributed by atoms with van der Waals surface area (Å²) in [5.41, 5.74) is 4.27. The van der Waals surface area contributed by atoms with Crippen LogP contribution in [0.2, 0.25) is 0 Å². The van der Waals surface area contributed by atoms with Crippen LogP contribution in [0.25, 0.3) is 11.1 Å².